The second-order valence-electron chi connectivity index (χ2n) is 4.48. The lowest BCUT2D eigenvalue weighted by molar-refractivity contribution is 0.0930. The maximum absolute atomic E-state index is 5.39. The highest BCUT2D eigenvalue weighted by molar-refractivity contribution is 4.81. The van der Waals surface area contributed by atoms with Gasteiger partial charge in [-0.05, 0) is 40.3 Å². The van der Waals surface area contributed by atoms with Gasteiger partial charge in [-0.15, -0.1) is 0 Å². The third kappa shape index (κ3) is 4.49. The van der Waals surface area contributed by atoms with Crippen LogP contribution in [0.25, 0.3) is 0 Å². The molecule has 3 nitrogen and oxygen atoms in total. The molecule has 0 spiro atoms. The average molecular weight is 214 g/mol. The molecule has 2 unspecified atom stereocenters. The minimum Gasteiger partial charge on any atom is -0.380 e. The normalized spacial score (nSPS) is 27.2. The lowest BCUT2D eigenvalue weighted by Gasteiger charge is -2.35. The number of nitrogens with one attached hydrogen (secondary N) is 1. The lowest BCUT2D eigenvalue weighted by atomic mass is 9.90. The van der Waals surface area contributed by atoms with E-state index in [1.54, 1.807) is 0 Å². The monoisotopic (exact) mass is 214 g/mol. The molecular weight excluding hydrogens is 188 g/mol. The summed E-state index contributed by atoms with van der Waals surface area (Å²) < 4.78 is 5.39. The first-order valence-electron chi connectivity index (χ1n) is 6.23. The molecule has 1 rings (SSSR count). The number of likely N-dealkylation sites (N-methyl/N-ethyl adjacent to an activating group) is 1. The molecule has 90 valence electrons. The second-order valence-corrected chi connectivity index (χ2v) is 4.48. The van der Waals surface area contributed by atoms with Gasteiger partial charge in [-0.1, -0.05) is 6.42 Å². The third-order valence-electron chi connectivity index (χ3n) is 3.47. The minimum absolute atomic E-state index is 0.721. The highest BCUT2D eigenvalue weighted by Gasteiger charge is 2.23. The highest BCUT2D eigenvalue weighted by Crippen LogP contribution is 2.21. The maximum atomic E-state index is 5.39. The molecule has 1 N–H and O–H groups in total. The van der Waals surface area contributed by atoms with E-state index < -0.39 is 0 Å². The van der Waals surface area contributed by atoms with Gasteiger partial charge in [-0.25, -0.2) is 0 Å². The van der Waals surface area contributed by atoms with Gasteiger partial charge in [0.15, 0.2) is 0 Å². The summed E-state index contributed by atoms with van der Waals surface area (Å²) >= 11 is 0. The molecule has 0 radical (unpaired) electrons. The van der Waals surface area contributed by atoms with Crippen molar-refractivity contribution in [3.05, 3.63) is 0 Å². The summed E-state index contributed by atoms with van der Waals surface area (Å²) in [6.45, 7) is 4.82. The predicted octanol–water partition coefficient (Wildman–Crippen LogP) is 1.49. The van der Waals surface area contributed by atoms with Crippen molar-refractivity contribution >= 4 is 0 Å². The minimum atomic E-state index is 0.721. The van der Waals surface area contributed by atoms with Crippen LogP contribution in [-0.2, 0) is 4.74 Å². The summed E-state index contributed by atoms with van der Waals surface area (Å²) in [5.74, 6) is 0. The molecule has 0 heterocycles. The van der Waals surface area contributed by atoms with E-state index in [2.05, 4.69) is 31.2 Å². The van der Waals surface area contributed by atoms with Gasteiger partial charge in [-0.3, -0.25) is 0 Å². The van der Waals surface area contributed by atoms with Crippen molar-refractivity contribution < 1.29 is 4.74 Å². The molecule has 0 saturated heterocycles. The Hall–Kier alpha value is -0.120. The van der Waals surface area contributed by atoms with Crippen molar-refractivity contribution in [1.29, 1.82) is 0 Å². The Bertz CT molecular complexity index is 164. The van der Waals surface area contributed by atoms with Gasteiger partial charge in [0, 0.05) is 25.2 Å². The molecule has 1 fully saturated rings. The van der Waals surface area contributed by atoms with E-state index >= 15 is 0 Å². The third-order valence-corrected chi connectivity index (χ3v) is 3.47. The van der Waals surface area contributed by atoms with Gasteiger partial charge in [0.2, 0.25) is 0 Å². The predicted molar refractivity (Wildman–Crippen MR) is 64.2 cm³/mol. The van der Waals surface area contributed by atoms with E-state index in [4.69, 9.17) is 4.74 Å². The van der Waals surface area contributed by atoms with Crippen LogP contribution >= 0.6 is 0 Å². The maximum Gasteiger partial charge on any atom is 0.0593 e. The summed E-state index contributed by atoms with van der Waals surface area (Å²) in [5, 5.41) is 3.40. The van der Waals surface area contributed by atoms with Gasteiger partial charge in [0.1, 0.15) is 0 Å². The van der Waals surface area contributed by atoms with Crippen LogP contribution in [-0.4, -0.2) is 50.8 Å². The van der Waals surface area contributed by atoms with Crippen molar-refractivity contribution in [2.45, 2.75) is 44.7 Å². The Morgan fingerprint density at radius 2 is 2.20 bits per heavy atom. The van der Waals surface area contributed by atoms with Crippen LogP contribution in [0.5, 0.6) is 0 Å². The van der Waals surface area contributed by atoms with Crippen LogP contribution < -0.4 is 5.32 Å². The van der Waals surface area contributed by atoms with Crippen LogP contribution in [0, 0.1) is 0 Å². The molecule has 1 saturated carbocycles. The fourth-order valence-electron chi connectivity index (χ4n) is 2.36. The molecule has 2 atom stereocenters. The average Bonchev–Trinajstić information content (AvgIpc) is 2.29. The largest absolute Gasteiger partial charge is 0.380 e. The van der Waals surface area contributed by atoms with Gasteiger partial charge < -0.3 is 15.0 Å². The number of rotatable bonds is 6. The number of ether oxygens (including phenoxy) is 1. The molecule has 1 aliphatic rings. The topological polar surface area (TPSA) is 24.5 Å². The van der Waals surface area contributed by atoms with E-state index in [1.165, 1.54) is 25.7 Å². The second kappa shape index (κ2) is 7.20. The van der Waals surface area contributed by atoms with Crippen molar-refractivity contribution in [1.82, 2.24) is 10.2 Å². The smallest absolute Gasteiger partial charge is 0.0593 e. The SMILES string of the molecule is CCOCCN(C)C1CCCC(NC)C1. The van der Waals surface area contributed by atoms with Gasteiger partial charge in [-0.2, -0.15) is 0 Å². The van der Waals surface area contributed by atoms with Crippen LogP contribution in [0.1, 0.15) is 32.6 Å². The van der Waals surface area contributed by atoms with Gasteiger partial charge >= 0.3 is 0 Å². The lowest BCUT2D eigenvalue weighted by Crippen LogP contribution is -2.42. The first-order valence-corrected chi connectivity index (χ1v) is 6.23. The van der Waals surface area contributed by atoms with E-state index in [-0.39, 0.29) is 0 Å². The molecule has 0 aromatic carbocycles. The number of hydrogen-bond donors (Lipinski definition) is 1. The number of hydrogen-bond acceptors (Lipinski definition) is 3. The fraction of sp³-hybridized carbons (Fsp3) is 1.00. The fourth-order valence-corrected chi connectivity index (χ4v) is 2.36. The Morgan fingerprint density at radius 1 is 1.40 bits per heavy atom. The molecule has 15 heavy (non-hydrogen) atoms. The molecule has 0 aromatic heterocycles. The van der Waals surface area contributed by atoms with Crippen LogP contribution in [0.2, 0.25) is 0 Å². The molecule has 0 bridgehead atoms. The zero-order valence-corrected chi connectivity index (χ0v) is 10.5. The van der Waals surface area contributed by atoms with E-state index in [0.29, 0.717) is 0 Å². The zero-order chi connectivity index (χ0) is 11.1. The highest BCUT2D eigenvalue weighted by atomic mass is 16.5. The van der Waals surface area contributed by atoms with Crippen molar-refractivity contribution in [2.24, 2.45) is 0 Å². The van der Waals surface area contributed by atoms with Gasteiger partial charge in [0.25, 0.3) is 0 Å². The molecule has 0 aliphatic heterocycles. The van der Waals surface area contributed by atoms with Crippen LogP contribution in [0.15, 0.2) is 0 Å². The number of nitrogens with zero attached hydrogens (tertiary/aromatic N) is 1. The van der Waals surface area contributed by atoms with Crippen molar-refractivity contribution in [2.75, 3.05) is 33.9 Å². The van der Waals surface area contributed by atoms with Gasteiger partial charge in [0.05, 0.1) is 6.61 Å². The molecule has 0 amide bonds. The van der Waals surface area contributed by atoms with Crippen LogP contribution in [0.4, 0.5) is 0 Å². The Morgan fingerprint density at radius 3 is 2.87 bits per heavy atom. The van der Waals surface area contributed by atoms with Crippen molar-refractivity contribution in [3.63, 3.8) is 0 Å². The molecule has 1 aliphatic carbocycles. The zero-order valence-electron chi connectivity index (χ0n) is 10.5. The molecular formula is C12H26N2O. The summed E-state index contributed by atoms with van der Waals surface area (Å²) in [4.78, 5) is 2.46. The standard InChI is InChI=1S/C12H26N2O/c1-4-15-9-8-14(3)12-7-5-6-11(10-12)13-2/h11-13H,4-10H2,1-3H3. The summed E-state index contributed by atoms with van der Waals surface area (Å²) in [7, 11) is 4.30. The summed E-state index contributed by atoms with van der Waals surface area (Å²) in [5.41, 5.74) is 0. The quantitative estimate of drug-likeness (QED) is 0.678. The van der Waals surface area contributed by atoms with E-state index in [0.717, 1.165) is 31.8 Å². The Labute approximate surface area is 94.2 Å². The van der Waals surface area contributed by atoms with E-state index in [1.807, 2.05) is 0 Å². The molecule has 3 heteroatoms. The first-order chi connectivity index (χ1) is 7.27. The Balaban J connectivity index is 2.22. The Kier molecular flexibility index (Phi) is 6.22. The van der Waals surface area contributed by atoms with Crippen molar-refractivity contribution in [3.8, 4) is 0 Å². The summed E-state index contributed by atoms with van der Waals surface area (Å²) in [6, 6.07) is 1.47. The van der Waals surface area contributed by atoms with Crippen LogP contribution in [0.3, 0.4) is 0 Å². The molecule has 0 aromatic rings. The first kappa shape index (κ1) is 12.9. The van der Waals surface area contributed by atoms with E-state index in [9.17, 15) is 0 Å². The summed E-state index contributed by atoms with van der Waals surface area (Å²) in [6.07, 6.45) is 5.33.